The molecule has 1 fully saturated rings. The molecule has 0 bridgehead atoms. The molecule has 12 amide bonds. The third-order valence-corrected chi connectivity index (χ3v) is 11.0. The number of carbonyl (C=O) groups is 14. The van der Waals surface area contributed by atoms with Gasteiger partial charge in [-0.05, 0) is 44.4 Å². The monoisotopic (exact) mass is 1030 g/mol. The second-order valence-corrected chi connectivity index (χ2v) is 17.1. The lowest BCUT2D eigenvalue weighted by molar-refractivity contribution is -0.144. The number of hydrogen-bond acceptors (Lipinski definition) is 17. The number of aliphatic carboxylic acids is 2. The second-order valence-electron chi connectivity index (χ2n) is 16.7. The van der Waals surface area contributed by atoms with E-state index in [1.54, 1.807) is 0 Å². The van der Waals surface area contributed by atoms with Crippen molar-refractivity contribution in [2.45, 2.75) is 139 Å². The number of nitrogens with zero attached hydrogens (tertiary/aromatic N) is 1. The van der Waals surface area contributed by atoms with Crippen LogP contribution in [-0.2, 0) is 67.1 Å². The standard InChI is InChI=1S/C40H65N13O17S/c1-17(2)31(38(67)50-23(15-54)40(69)70)52-35(64)20(7-11-28(44)57)48-37(66)25-4-3-13-53(25)39(68)24(16-71)51-34(63)19(6-10-27(43)56)46-33(62)21(8-12-30(59)60)47-36(65)22(14-29(45)58)49-32(61)18(41)5-9-26(42)55/h17-25,31,54,71H,3-16,41H2,1-2H3,(H2,42,55)(H2,43,56)(H2,44,57)(H2,45,58)(H,46,62)(H,47,65)(H,48,66)(H,49,61)(H,50,67)(H,51,63)(H,52,64)(H,59,60)(H,69,70)/t18-,19-,20-,21-,22-,23-,24-,25-,31-/m0/s1. The molecule has 0 spiro atoms. The van der Waals surface area contributed by atoms with Crippen LogP contribution in [0.1, 0.15) is 84.5 Å². The molecule has 0 aromatic rings. The Morgan fingerprint density at radius 2 is 1.00 bits per heavy atom. The van der Waals surface area contributed by atoms with E-state index in [2.05, 4.69) is 49.8 Å². The van der Waals surface area contributed by atoms with Crippen LogP contribution in [0.3, 0.4) is 0 Å². The summed E-state index contributed by atoms with van der Waals surface area (Å²) in [7, 11) is 0. The number of aliphatic hydroxyl groups is 1. The number of aliphatic hydroxyl groups excluding tert-OH is 1. The predicted molar refractivity (Wildman–Crippen MR) is 246 cm³/mol. The maximum atomic E-state index is 14.0. The molecule has 0 saturated carbocycles. The molecule has 31 heteroatoms. The number of hydrogen-bond donors (Lipinski definition) is 16. The Kier molecular flexibility index (Phi) is 26.5. The SMILES string of the molecule is CC(C)[C@H](NC(=O)[C@H](CCC(N)=O)NC(=O)[C@@H]1CCCN1C(=O)[C@H](CS)NC(=O)[C@H](CCC(N)=O)NC(=O)[C@H](CCC(=O)O)NC(=O)[C@H](CC(N)=O)NC(=O)[C@@H](N)CCC(N)=O)C(=O)N[C@@H](CO)C(=O)O. The summed E-state index contributed by atoms with van der Waals surface area (Å²) in [5.41, 5.74) is 26.7. The van der Waals surface area contributed by atoms with Crippen LogP contribution in [-0.4, -0.2) is 176 Å². The lowest BCUT2D eigenvalue weighted by Gasteiger charge is -2.31. The summed E-state index contributed by atoms with van der Waals surface area (Å²) in [6, 6.07) is -14.2. The number of primary amides is 4. The topological polar surface area (TPSA) is 517 Å². The van der Waals surface area contributed by atoms with Gasteiger partial charge in [-0.25, -0.2) is 4.79 Å². The van der Waals surface area contributed by atoms with Gasteiger partial charge < -0.3 is 86.1 Å². The summed E-state index contributed by atoms with van der Waals surface area (Å²) in [6.07, 6.45) is -4.44. The summed E-state index contributed by atoms with van der Waals surface area (Å²) in [5, 5.41) is 43.9. The first-order chi connectivity index (χ1) is 33.1. The summed E-state index contributed by atoms with van der Waals surface area (Å²) in [4.78, 5) is 178. The van der Waals surface area contributed by atoms with E-state index >= 15 is 0 Å². The zero-order chi connectivity index (χ0) is 54.3. The number of amides is 12. The largest absolute Gasteiger partial charge is 0.481 e. The Bertz CT molecular complexity index is 2010. The van der Waals surface area contributed by atoms with E-state index in [-0.39, 0.29) is 38.6 Å². The van der Waals surface area contributed by atoms with Crippen LogP contribution in [0, 0.1) is 5.92 Å². The Morgan fingerprint density at radius 3 is 1.45 bits per heavy atom. The van der Waals surface area contributed by atoms with E-state index in [4.69, 9.17) is 28.7 Å². The molecule has 1 saturated heterocycles. The minimum absolute atomic E-state index is 0.0244. The van der Waals surface area contributed by atoms with Crippen LogP contribution >= 0.6 is 12.6 Å². The molecule has 71 heavy (non-hydrogen) atoms. The smallest absolute Gasteiger partial charge is 0.328 e. The number of thiol groups is 1. The van der Waals surface area contributed by atoms with Crippen molar-refractivity contribution in [1.82, 2.24) is 42.1 Å². The number of likely N-dealkylation sites (tertiary alicyclic amines) is 1. The summed E-state index contributed by atoms with van der Waals surface area (Å²) < 4.78 is 0. The molecule has 0 unspecified atom stereocenters. The van der Waals surface area contributed by atoms with Crippen molar-refractivity contribution in [2.75, 3.05) is 18.9 Å². The molecule has 0 aromatic heterocycles. The van der Waals surface area contributed by atoms with E-state index in [0.29, 0.717) is 0 Å². The molecule has 1 aliphatic heterocycles. The normalized spacial score (nSPS) is 16.5. The van der Waals surface area contributed by atoms with Crippen molar-refractivity contribution in [3.8, 4) is 0 Å². The number of nitrogens with one attached hydrogen (secondary N) is 7. The van der Waals surface area contributed by atoms with Gasteiger partial charge in [0.25, 0.3) is 0 Å². The van der Waals surface area contributed by atoms with Gasteiger partial charge in [-0.2, -0.15) is 12.6 Å². The molecule has 0 radical (unpaired) electrons. The van der Waals surface area contributed by atoms with Gasteiger partial charge in [0.05, 0.1) is 19.1 Å². The van der Waals surface area contributed by atoms with Crippen LogP contribution in [0.25, 0.3) is 0 Å². The van der Waals surface area contributed by atoms with Crippen LogP contribution in [0.15, 0.2) is 0 Å². The Hall–Kier alpha value is -7.15. The van der Waals surface area contributed by atoms with E-state index in [1.807, 2.05) is 0 Å². The van der Waals surface area contributed by atoms with Crippen molar-refractivity contribution < 1.29 is 82.4 Å². The number of nitrogens with two attached hydrogens (primary N) is 5. The van der Waals surface area contributed by atoms with Gasteiger partial charge in [0, 0.05) is 38.0 Å². The average molecular weight is 1030 g/mol. The second kappa shape index (κ2) is 30.5. The predicted octanol–water partition coefficient (Wildman–Crippen LogP) is -8.10. The van der Waals surface area contributed by atoms with Gasteiger partial charge >= 0.3 is 11.9 Å². The van der Waals surface area contributed by atoms with Gasteiger partial charge in [-0.1, -0.05) is 13.8 Å². The highest BCUT2D eigenvalue weighted by molar-refractivity contribution is 7.80. The fourth-order valence-electron chi connectivity index (χ4n) is 6.77. The number of rotatable bonds is 33. The minimum Gasteiger partial charge on any atom is -0.481 e. The van der Waals surface area contributed by atoms with Gasteiger partial charge in [0.1, 0.15) is 48.3 Å². The van der Waals surface area contributed by atoms with Crippen molar-refractivity contribution >= 4 is 95.5 Å². The molecule has 398 valence electrons. The zero-order valence-corrected chi connectivity index (χ0v) is 39.9. The van der Waals surface area contributed by atoms with Crippen molar-refractivity contribution in [3.05, 3.63) is 0 Å². The van der Waals surface area contributed by atoms with Crippen LogP contribution in [0.4, 0.5) is 0 Å². The van der Waals surface area contributed by atoms with Crippen molar-refractivity contribution in [2.24, 2.45) is 34.6 Å². The molecule has 20 N–H and O–H groups in total. The highest BCUT2D eigenvalue weighted by Crippen LogP contribution is 2.20. The average Bonchev–Trinajstić information content (AvgIpc) is 3.78. The molecular weight excluding hydrogens is 967 g/mol. The van der Waals surface area contributed by atoms with Crippen molar-refractivity contribution in [1.29, 1.82) is 0 Å². The molecule has 1 heterocycles. The zero-order valence-electron chi connectivity index (χ0n) is 39.0. The first-order valence-electron chi connectivity index (χ1n) is 22.1. The number of carbonyl (C=O) groups excluding carboxylic acids is 12. The molecule has 0 aliphatic carbocycles. The minimum atomic E-state index is -1.80. The molecule has 1 rings (SSSR count). The molecule has 0 aromatic carbocycles. The maximum Gasteiger partial charge on any atom is 0.328 e. The molecule has 1 aliphatic rings. The van der Waals surface area contributed by atoms with Gasteiger partial charge in [0.15, 0.2) is 0 Å². The van der Waals surface area contributed by atoms with E-state index in [9.17, 15) is 82.4 Å². The lowest BCUT2D eigenvalue weighted by Crippen LogP contribution is -2.61. The highest BCUT2D eigenvalue weighted by Gasteiger charge is 2.40. The Labute approximate surface area is 411 Å². The van der Waals surface area contributed by atoms with Crippen molar-refractivity contribution in [3.63, 3.8) is 0 Å². The van der Waals surface area contributed by atoms with Crippen LogP contribution < -0.4 is 65.9 Å². The first kappa shape index (κ1) is 61.9. The summed E-state index contributed by atoms with van der Waals surface area (Å²) in [6.45, 7) is 1.98. The van der Waals surface area contributed by atoms with E-state index in [0.717, 1.165) is 4.90 Å². The third-order valence-electron chi connectivity index (χ3n) is 10.7. The lowest BCUT2D eigenvalue weighted by atomic mass is 10.0. The van der Waals surface area contributed by atoms with Crippen LogP contribution in [0.5, 0.6) is 0 Å². The Morgan fingerprint density at radius 1 is 0.563 bits per heavy atom. The van der Waals surface area contributed by atoms with Gasteiger partial charge in [-0.15, -0.1) is 0 Å². The van der Waals surface area contributed by atoms with Gasteiger partial charge in [-0.3, -0.25) is 62.3 Å². The summed E-state index contributed by atoms with van der Waals surface area (Å²) in [5.74, 6) is -16.2. The molecule has 30 nitrogen and oxygen atoms in total. The van der Waals surface area contributed by atoms with E-state index in [1.165, 1.54) is 13.8 Å². The van der Waals surface area contributed by atoms with Gasteiger partial charge in [0.2, 0.25) is 70.9 Å². The fourth-order valence-corrected chi connectivity index (χ4v) is 7.02. The Balaban J connectivity index is 3.38. The first-order valence-corrected chi connectivity index (χ1v) is 22.7. The quantitative estimate of drug-likeness (QED) is 0.0272. The van der Waals surface area contributed by atoms with Crippen LogP contribution in [0.2, 0.25) is 0 Å². The highest BCUT2D eigenvalue weighted by atomic mass is 32.1. The third kappa shape index (κ3) is 22.0. The number of carboxylic acids is 2. The number of carboxylic acid groups (broad SMARTS) is 2. The fraction of sp³-hybridized carbons (Fsp3) is 0.650. The molecule has 9 atom stereocenters. The maximum absolute atomic E-state index is 14.0. The summed E-state index contributed by atoms with van der Waals surface area (Å²) >= 11 is 4.18. The van der Waals surface area contributed by atoms with E-state index < -0.39 is 194 Å². The molecular formula is C40H65N13O17S.